The number of ketones is 1. The molecule has 0 aliphatic carbocycles. The first-order valence-corrected chi connectivity index (χ1v) is 6.75. The summed E-state index contributed by atoms with van der Waals surface area (Å²) in [6, 6.07) is 14.4. The number of rotatable bonds is 3. The van der Waals surface area contributed by atoms with Crippen LogP contribution in [-0.4, -0.2) is 23.0 Å². The van der Waals surface area contributed by atoms with Gasteiger partial charge in [0.2, 0.25) is 0 Å². The van der Waals surface area contributed by atoms with Crippen LogP contribution >= 0.6 is 0 Å². The third-order valence-corrected chi connectivity index (χ3v) is 3.55. The molecule has 0 saturated heterocycles. The Labute approximate surface area is 122 Å². The molecule has 106 valence electrons. The van der Waals surface area contributed by atoms with Crippen LogP contribution in [0.2, 0.25) is 0 Å². The van der Waals surface area contributed by atoms with Crippen molar-refractivity contribution in [3.05, 3.63) is 65.2 Å². The zero-order valence-corrected chi connectivity index (χ0v) is 11.3. The molecule has 1 heterocycles. The Morgan fingerprint density at radius 3 is 2.62 bits per heavy atom. The van der Waals surface area contributed by atoms with Crippen LogP contribution in [0.15, 0.2) is 48.5 Å². The molecule has 1 aliphatic heterocycles. The van der Waals surface area contributed by atoms with Crippen LogP contribution in [0, 0.1) is 0 Å². The molecule has 1 N–H and O–H groups in total. The van der Waals surface area contributed by atoms with Crippen LogP contribution in [0.1, 0.15) is 32.7 Å². The van der Waals surface area contributed by atoms with Crippen molar-refractivity contribution in [2.75, 3.05) is 0 Å². The third-order valence-electron chi connectivity index (χ3n) is 3.55. The van der Waals surface area contributed by atoms with Crippen molar-refractivity contribution < 1.29 is 19.4 Å². The van der Waals surface area contributed by atoms with Gasteiger partial charge in [-0.2, -0.15) is 0 Å². The summed E-state index contributed by atoms with van der Waals surface area (Å²) in [5, 5.41) is 9.21. The van der Waals surface area contributed by atoms with Crippen molar-refractivity contribution in [3.8, 4) is 5.75 Å². The van der Waals surface area contributed by atoms with E-state index in [-0.39, 0.29) is 29.6 Å². The lowest BCUT2D eigenvalue weighted by atomic mass is 9.95. The van der Waals surface area contributed by atoms with Crippen LogP contribution in [0.5, 0.6) is 5.75 Å². The highest BCUT2D eigenvalue weighted by atomic mass is 16.5. The number of carboxylic acid groups (broad SMARTS) is 1. The predicted molar refractivity (Wildman–Crippen MR) is 76.9 cm³/mol. The molecule has 4 heteroatoms. The number of hydrogen-bond acceptors (Lipinski definition) is 3. The number of para-hydroxylation sites is 1. The standard InChI is InChI=1S/C17H14O4/c18-15-10-12(9-11-5-2-1-3-6-11)21-16-13(15)7-4-8-14(16)17(19)20/h1-8,12H,9-10H2,(H,19,20). The van der Waals surface area contributed by atoms with E-state index in [2.05, 4.69) is 0 Å². The van der Waals surface area contributed by atoms with E-state index in [1.165, 1.54) is 6.07 Å². The Morgan fingerprint density at radius 2 is 1.90 bits per heavy atom. The Hall–Kier alpha value is -2.62. The summed E-state index contributed by atoms with van der Waals surface area (Å²) < 4.78 is 5.80. The summed E-state index contributed by atoms with van der Waals surface area (Å²) in [4.78, 5) is 23.4. The van der Waals surface area contributed by atoms with Crippen molar-refractivity contribution in [3.63, 3.8) is 0 Å². The van der Waals surface area contributed by atoms with E-state index < -0.39 is 5.97 Å². The van der Waals surface area contributed by atoms with Gasteiger partial charge in [-0.3, -0.25) is 4.79 Å². The zero-order chi connectivity index (χ0) is 14.8. The van der Waals surface area contributed by atoms with Gasteiger partial charge in [-0.05, 0) is 17.7 Å². The summed E-state index contributed by atoms with van der Waals surface area (Å²) in [7, 11) is 0. The van der Waals surface area contributed by atoms with E-state index >= 15 is 0 Å². The van der Waals surface area contributed by atoms with Gasteiger partial charge in [0.05, 0.1) is 5.56 Å². The molecule has 0 amide bonds. The molecule has 1 atom stereocenters. The minimum Gasteiger partial charge on any atom is -0.488 e. The van der Waals surface area contributed by atoms with Crippen molar-refractivity contribution in [2.45, 2.75) is 18.9 Å². The normalized spacial score (nSPS) is 17.0. The van der Waals surface area contributed by atoms with Crippen LogP contribution < -0.4 is 4.74 Å². The fourth-order valence-corrected chi connectivity index (χ4v) is 2.57. The Kier molecular flexibility index (Phi) is 3.44. The van der Waals surface area contributed by atoms with Crippen LogP contribution in [0.3, 0.4) is 0 Å². The van der Waals surface area contributed by atoms with E-state index in [9.17, 15) is 14.7 Å². The van der Waals surface area contributed by atoms with Gasteiger partial charge in [0.15, 0.2) is 5.78 Å². The maximum Gasteiger partial charge on any atom is 0.339 e. The van der Waals surface area contributed by atoms with Crippen molar-refractivity contribution in [1.29, 1.82) is 0 Å². The number of aromatic carboxylic acids is 1. The highest BCUT2D eigenvalue weighted by Crippen LogP contribution is 2.32. The molecule has 21 heavy (non-hydrogen) atoms. The summed E-state index contributed by atoms with van der Waals surface area (Å²) in [6.45, 7) is 0. The monoisotopic (exact) mass is 282 g/mol. The molecular formula is C17H14O4. The molecule has 2 aromatic carbocycles. The average molecular weight is 282 g/mol. The molecule has 1 unspecified atom stereocenters. The second-order valence-electron chi connectivity index (χ2n) is 5.04. The number of fused-ring (bicyclic) bond motifs is 1. The van der Waals surface area contributed by atoms with Gasteiger partial charge in [0.1, 0.15) is 17.4 Å². The van der Waals surface area contributed by atoms with Gasteiger partial charge in [-0.1, -0.05) is 36.4 Å². The Bertz CT molecular complexity index is 677. The second kappa shape index (κ2) is 5.40. The lowest BCUT2D eigenvalue weighted by molar-refractivity contribution is 0.0684. The quantitative estimate of drug-likeness (QED) is 0.940. The second-order valence-corrected chi connectivity index (χ2v) is 5.04. The molecule has 0 radical (unpaired) electrons. The number of carboxylic acids is 1. The maximum absolute atomic E-state index is 12.2. The first kappa shape index (κ1) is 13.4. The largest absolute Gasteiger partial charge is 0.488 e. The topological polar surface area (TPSA) is 63.6 Å². The lowest BCUT2D eigenvalue weighted by Crippen LogP contribution is -2.30. The summed E-state index contributed by atoms with van der Waals surface area (Å²) in [6.07, 6.45) is 0.526. The van der Waals surface area contributed by atoms with E-state index in [1.54, 1.807) is 12.1 Å². The summed E-state index contributed by atoms with van der Waals surface area (Å²) >= 11 is 0. The molecule has 0 saturated carbocycles. The van der Waals surface area contributed by atoms with Gasteiger partial charge in [0, 0.05) is 12.8 Å². The highest BCUT2D eigenvalue weighted by Gasteiger charge is 2.30. The fraction of sp³-hybridized carbons (Fsp3) is 0.176. The van der Waals surface area contributed by atoms with Crippen molar-refractivity contribution in [2.24, 2.45) is 0 Å². The first-order valence-electron chi connectivity index (χ1n) is 6.75. The molecule has 0 bridgehead atoms. The maximum atomic E-state index is 12.2. The highest BCUT2D eigenvalue weighted by molar-refractivity contribution is 6.04. The molecule has 4 nitrogen and oxygen atoms in total. The Balaban J connectivity index is 1.91. The number of hydrogen-bond donors (Lipinski definition) is 1. The van der Waals surface area contributed by atoms with E-state index in [0.29, 0.717) is 12.0 Å². The van der Waals surface area contributed by atoms with Gasteiger partial charge in [-0.25, -0.2) is 4.79 Å². The van der Waals surface area contributed by atoms with Crippen molar-refractivity contribution in [1.82, 2.24) is 0 Å². The van der Waals surface area contributed by atoms with Gasteiger partial charge in [-0.15, -0.1) is 0 Å². The van der Waals surface area contributed by atoms with Gasteiger partial charge < -0.3 is 9.84 Å². The Morgan fingerprint density at radius 1 is 1.14 bits per heavy atom. The molecule has 0 fully saturated rings. The minimum atomic E-state index is -1.08. The zero-order valence-electron chi connectivity index (χ0n) is 11.3. The molecule has 0 spiro atoms. The van der Waals surface area contributed by atoms with Crippen LogP contribution in [0.4, 0.5) is 0 Å². The van der Waals surface area contributed by atoms with Crippen molar-refractivity contribution >= 4 is 11.8 Å². The number of ether oxygens (including phenoxy) is 1. The predicted octanol–water partition coefficient (Wildman–Crippen LogP) is 2.96. The van der Waals surface area contributed by atoms with E-state index in [0.717, 1.165) is 5.56 Å². The molecule has 2 aromatic rings. The third kappa shape index (κ3) is 2.65. The molecule has 0 aromatic heterocycles. The smallest absolute Gasteiger partial charge is 0.339 e. The SMILES string of the molecule is O=C(O)c1cccc2c1OC(Cc1ccccc1)CC2=O. The number of benzene rings is 2. The van der Waals surface area contributed by atoms with Crippen LogP contribution in [-0.2, 0) is 6.42 Å². The van der Waals surface area contributed by atoms with Gasteiger partial charge >= 0.3 is 5.97 Å². The first-order chi connectivity index (χ1) is 10.1. The van der Waals surface area contributed by atoms with E-state index in [1.807, 2.05) is 30.3 Å². The summed E-state index contributed by atoms with van der Waals surface area (Å²) in [5.41, 5.74) is 1.46. The number of Topliss-reactive ketones (excluding diaryl/α,β-unsaturated/α-hetero) is 1. The minimum absolute atomic E-state index is 0.0404. The number of carbonyl (C=O) groups excluding carboxylic acids is 1. The average Bonchev–Trinajstić information content (AvgIpc) is 2.47. The lowest BCUT2D eigenvalue weighted by Gasteiger charge is -2.26. The number of carbonyl (C=O) groups is 2. The van der Waals surface area contributed by atoms with E-state index in [4.69, 9.17) is 4.74 Å². The molecule has 3 rings (SSSR count). The molecule has 1 aliphatic rings. The fourth-order valence-electron chi connectivity index (χ4n) is 2.57. The summed E-state index contributed by atoms with van der Waals surface area (Å²) in [5.74, 6) is -0.956. The van der Waals surface area contributed by atoms with Gasteiger partial charge in [0.25, 0.3) is 0 Å². The van der Waals surface area contributed by atoms with Crippen LogP contribution in [0.25, 0.3) is 0 Å². The molecular weight excluding hydrogens is 268 g/mol.